The second kappa shape index (κ2) is 10.0. The van der Waals surface area contributed by atoms with Crippen molar-refractivity contribution in [1.82, 2.24) is 10.7 Å². The first-order valence-corrected chi connectivity index (χ1v) is 8.44. The highest BCUT2D eigenvalue weighted by Gasteiger charge is 2.30. The summed E-state index contributed by atoms with van der Waals surface area (Å²) >= 11 is 0. The molecule has 2 aromatic rings. The predicted molar refractivity (Wildman–Crippen MR) is 102 cm³/mol. The maximum atomic E-state index is 12.7. The largest absolute Gasteiger partial charge is 0.484 e. The number of hydrazone groups is 1. The van der Waals surface area contributed by atoms with Gasteiger partial charge in [-0.25, -0.2) is 5.43 Å². The number of hydrogen-bond acceptors (Lipinski definition) is 5. The molecule has 0 spiro atoms. The van der Waals surface area contributed by atoms with E-state index in [1.165, 1.54) is 31.5 Å². The van der Waals surface area contributed by atoms with E-state index in [-0.39, 0.29) is 11.4 Å². The molecule has 0 aliphatic carbocycles. The van der Waals surface area contributed by atoms with E-state index in [9.17, 15) is 27.6 Å². The molecule has 0 saturated carbocycles. The van der Waals surface area contributed by atoms with Crippen LogP contribution in [0.3, 0.4) is 0 Å². The Bertz CT molecular complexity index is 961. The summed E-state index contributed by atoms with van der Waals surface area (Å²) in [7, 11) is 1.30. The molecule has 158 valence electrons. The van der Waals surface area contributed by atoms with Crippen LogP contribution in [0.2, 0.25) is 0 Å². The minimum absolute atomic E-state index is 0.00818. The summed E-state index contributed by atoms with van der Waals surface area (Å²) < 4.78 is 43.4. The van der Waals surface area contributed by atoms with Crippen molar-refractivity contribution in [1.29, 1.82) is 0 Å². The van der Waals surface area contributed by atoms with E-state index in [0.29, 0.717) is 5.56 Å². The van der Waals surface area contributed by atoms with Crippen molar-refractivity contribution in [2.45, 2.75) is 6.18 Å². The molecule has 0 aliphatic rings. The lowest BCUT2D eigenvalue weighted by Crippen LogP contribution is -2.35. The molecular weight excluding hydrogens is 405 g/mol. The number of ether oxygens (including phenoxy) is 1. The first kappa shape index (κ1) is 22.4. The van der Waals surface area contributed by atoms with Crippen molar-refractivity contribution in [2.24, 2.45) is 5.10 Å². The third-order valence-electron chi connectivity index (χ3n) is 3.51. The third kappa shape index (κ3) is 6.93. The van der Waals surface area contributed by atoms with Gasteiger partial charge in [0, 0.05) is 12.7 Å². The highest BCUT2D eigenvalue weighted by Crippen LogP contribution is 2.30. The van der Waals surface area contributed by atoms with E-state index in [2.05, 4.69) is 15.7 Å². The fourth-order valence-corrected chi connectivity index (χ4v) is 2.13. The van der Waals surface area contributed by atoms with Crippen molar-refractivity contribution in [3.05, 3.63) is 59.7 Å². The SMILES string of the molecule is CNC(=O)C(=O)N/N=C\c1cccc(OCC(=O)Nc2cccc(C(F)(F)F)c2)c1. The Hall–Kier alpha value is -3.89. The van der Waals surface area contributed by atoms with Gasteiger partial charge in [-0.05, 0) is 35.9 Å². The minimum Gasteiger partial charge on any atom is -0.484 e. The van der Waals surface area contributed by atoms with Gasteiger partial charge in [0.25, 0.3) is 5.91 Å². The fourth-order valence-electron chi connectivity index (χ4n) is 2.13. The number of nitrogens with zero attached hydrogens (tertiary/aromatic N) is 1. The number of nitrogens with one attached hydrogen (secondary N) is 3. The maximum absolute atomic E-state index is 12.7. The number of benzene rings is 2. The lowest BCUT2D eigenvalue weighted by molar-refractivity contribution is -0.138. The average molecular weight is 422 g/mol. The highest BCUT2D eigenvalue weighted by atomic mass is 19.4. The van der Waals surface area contributed by atoms with Crippen molar-refractivity contribution < 1.29 is 32.3 Å². The first-order chi connectivity index (χ1) is 14.2. The normalized spacial score (nSPS) is 11.1. The summed E-state index contributed by atoms with van der Waals surface area (Å²) in [6, 6.07) is 10.5. The second-order valence-corrected chi connectivity index (χ2v) is 5.77. The molecule has 11 heteroatoms. The van der Waals surface area contributed by atoms with Gasteiger partial charge >= 0.3 is 18.0 Å². The number of carbonyl (C=O) groups is 3. The smallest absolute Gasteiger partial charge is 0.416 e. The van der Waals surface area contributed by atoms with E-state index in [0.717, 1.165) is 12.1 Å². The summed E-state index contributed by atoms with van der Waals surface area (Å²) in [4.78, 5) is 34.3. The number of carbonyl (C=O) groups excluding carboxylic acids is 3. The first-order valence-electron chi connectivity index (χ1n) is 8.44. The fraction of sp³-hybridized carbons (Fsp3) is 0.158. The van der Waals surface area contributed by atoms with Crippen molar-refractivity contribution in [3.8, 4) is 5.75 Å². The summed E-state index contributed by atoms with van der Waals surface area (Å²) in [5.74, 6) is -2.15. The molecule has 3 N–H and O–H groups in total. The number of rotatable bonds is 6. The Morgan fingerprint density at radius 2 is 1.80 bits per heavy atom. The molecule has 0 fully saturated rings. The van der Waals surface area contributed by atoms with E-state index >= 15 is 0 Å². The van der Waals surface area contributed by atoms with Gasteiger partial charge in [0.05, 0.1) is 11.8 Å². The predicted octanol–water partition coefficient (Wildman–Crippen LogP) is 1.92. The van der Waals surface area contributed by atoms with Crippen molar-refractivity contribution >= 4 is 29.6 Å². The number of anilines is 1. The van der Waals surface area contributed by atoms with Gasteiger partial charge in [-0.15, -0.1) is 0 Å². The molecule has 0 unspecified atom stereocenters. The van der Waals surface area contributed by atoms with Gasteiger partial charge in [0.15, 0.2) is 6.61 Å². The lowest BCUT2D eigenvalue weighted by Gasteiger charge is -2.10. The standard InChI is InChI=1S/C19H17F3N4O4/c1-23-17(28)18(29)26-24-10-12-4-2-7-15(8-12)30-11-16(27)25-14-6-3-5-13(9-14)19(20,21)22/h2-10H,11H2,1H3,(H,23,28)(H,25,27)(H,26,29)/b24-10-. The molecule has 0 atom stereocenters. The zero-order valence-electron chi connectivity index (χ0n) is 15.6. The monoisotopic (exact) mass is 422 g/mol. The Balaban J connectivity index is 1.90. The summed E-state index contributed by atoms with van der Waals surface area (Å²) in [5, 5.41) is 8.08. The molecule has 0 aliphatic heterocycles. The zero-order chi connectivity index (χ0) is 22.1. The second-order valence-electron chi connectivity index (χ2n) is 5.77. The summed E-state index contributed by atoms with van der Waals surface area (Å²) in [6.45, 7) is -0.440. The summed E-state index contributed by atoms with van der Waals surface area (Å²) in [6.07, 6.45) is -3.25. The van der Waals surface area contributed by atoms with Gasteiger partial charge in [-0.3, -0.25) is 14.4 Å². The van der Waals surface area contributed by atoms with Crippen LogP contribution >= 0.6 is 0 Å². The molecule has 2 rings (SSSR count). The molecule has 0 bridgehead atoms. The zero-order valence-corrected chi connectivity index (χ0v) is 15.6. The lowest BCUT2D eigenvalue weighted by atomic mass is 10.2. The number of halogens is 3. The van der Waals surface area contributed by atoms with Crippen LogP contribution in [0, 0.1) is 0 Å². The molecule has 0 heterocycles. The van der Waals surface area contributed by atoms with Crippen LogP contribution in [0.5, 0.6) is 5.75 Å². The Kier molecular flexibility index (Phi) is 7.50. The number of hydrogen-bond donors (Lipinski definition) is 3. The van der Waals surface area contributed by atoms with E-state index in [1.54, 1.807) is 18.2 Å². The van der Waals surface area contributed by atoms with Crippen LogP contribution in [0.4, 0.5) is 18.9 Å². The van der Waals surface area contributed by atoms with Crippen LogP contribution in [0.15, 0.2) is 53.6 Å². The van der Waals surface area contributed by atoms with E-state index < -0.39 is 36.1 Å². The molecule has 3 amide bonds. The average Bonchev–Trinajstić information content (AvgIpc) is 2.71. The topological polar surface area (TPSA) is 109 Å². The molecule has 0 aromatic heterocycles. The number of likely N-dealkylation sites (N-methyl/N-ethyl adjacent to an activating group) is 1. The molecule has 8 nitrogen and oxygen atoms in total. The van der Waals surface area contributed by atoms with Crippen LogP contribution in [-0.2, 0) is 20.6 Å². The number of amides is 3. The molecule has 30 heavy (non-hydrogen) atoms. The Morgan fingerprint density at radius 3 is 2.50 bits per heavy atom. The van der Waals surface area contributed by atoms with Crippen molar-refractivity contribution in [2.75, 3.05) is 19.0 Å². The van der Waals surface area contributed by atoms with Crippen molar-refractivity contribution in [3.63, 3.8) is 0 Å². The van der Waals surface area contributed by atoms with Crippen LogP contribution in [0.1, 0.15) is 11.1 Å². The van der Waals surface area contributed by atoms with Crippen LogP contribution < -0.4 is 20.8 Å². The molecule has 0 radical (unpaired) electrons. The highest BCUT2D eigenvalue weighted by molar-refractivity contribution is 6.35. The number of alkyl halides is 3. The van der Waals surface area contributed by atoms with E-state index in [4.69, 9.17) is 4.74 Å². The minimum atomic E-state index is -4.51. The quantitative estimate of drug-likeness (QED) is 0.375. The third-order valence-corrected chi connectivity index (χ3v) is 3.51. The summed E-state index contributed by atoms with van der Waals surface area (Å²) in [5.41, 5.74) is 1.64. The Morgan fingerprint density at radius 1 is 1.07 bits per heavy atom. The maximum Gasteiger partial charge on any atom is 0.416 e. The van der Waals surface area contributed by atoms with E-state index in [1.807, 2.05) is 5.43 Å². The van der Waals surface area contributed by atoms with Gasteiger partial charge in [-0.2, -0.15) is 18.3 Å². The van der Waals surface area contributed by atoms with Gasteiger partial charge in [-0.1, -0.05) is 18.2 Å². The Labute approximate surface area is 169 Å². The molecule has 2 aromatic carbocycles. The van der Waals surface area contributed by atoms with Gasteiger partial charge < -0.3 is 15.4 Å². The van der Waals surface area contributed by atoms with Crippen LogP contribution in [-0.4, -0.2) is 37.6 Å². The molecular formula is C19H17F3N4O4. The van der Waals surface area contributed by atoms with Gasteiger partial charge in [0.1, 0.15) is 5.75 Å². The van der Waals surface area contributed by atoms with Gasteiger partial charge in [0.2, 0.25) is 0 Å². The van der Waals surface area contributed by atoms with Crippen LogP contribution in [0.25, 0.3) is 0 Å². The molecule has 0 saturated heterocycles.